The Hall–Kier alpha value is -4.46. The third-order valence-corrected chi connectivity index (χ3v) is 7.78. The number of ether oxygens (including phenoxy) is 1. The fraction of sp³-hybridized carbons (Fsp3) is 0.235. The second-order valence-corrected chi connectivity index (χ2v) is 10.5. The SMILES string of the molecule is C[C@H](NC(=O)OCC1c2ccccc2-c2ccccc21)C(=O)N[C@H]1C[C@H](c2ccccc2)ON1Cc1ccccc1. The van der Waals surface area contributed by atoms with Gasteiger partial charge >= 0.3 is 6.09 Å². The molecule has 0 aromatic heterocycles. The largest absolute Gasteiger partial charge is 0.449 e. The number of nitrogens with zero attached hydrogens (tertiary/aromatic N) is 1. The molecule has 2 amide bonds. The zero-order chi connectivity index (χ0) is 28.2. The number of hydrogen-bond acceptors (Lipinski definition) is 5. The molecule has 1 aliphatic carbocycles. The minimum Gasteiger partial charge on any atom is -0.449 e. The van der Waals surface area contributed by atoms with Crippen LogP contribution in [-0.2, 0) is 20.9 Å². The van der Waals surface area contributed by atoms with Gasteiger partial charge in [-0.2, -0.15) is 5.06 Å². The van der Waals surface area contributed by atoms with Crippen molar-refractivity contribution in [2.24, 2.45) is 0 Å². The molecular formula is C34H33N3O4. The lowest BCUT2D eigenvalue weighted by Crippen LogP contribution is -2.51. The first-order valence-electron chi connectivity index (χ1n) is 14.0. The van der Waals surface area contributed by atoms with Crippen molar-refractivity contribution >= 4 is 12.0 Å². The summed E-state index contributed by atoms with van der Waals surface area (Å²) in [5, 5.41) is 7.58. The average molecular weight is 548 g/mol. The third-order valence-electron chi connectivity index (χ3n) is 7.78. The highest BCUT2D eigenvalue weighted by Crippen LogP contribution is 2.44. The van der Waals surface area contributed by atoms with Gasteiger partial charge in [0.1, 0.15) is 24.9 Å². The van der Waals surface area contributed by atoms with E-state index in [1.807, 2.05) is 90.0 Å². The molecule has 1 saturated heterocycles. The van der Waals surface area contributed by atoms with Crippen molar-refractivity contribution in [3.63, 3.8) is 0 Å². The Bertz CT molecular complexity index is 1470. The predicted octanol–water partition coefficient (Wildman–Crippen LogP) is 5.93. The van der Waals surface area contributed by atoms with Crippen LogP contribution in [0, 0.1) is 0 Å². The van der Waals surface area contributed by atoms with Crippen LogP contribution in [0.3, 0.4) is 0 Å². The molecule has 4 aromatic carbocycles. The van der Waals surface area contributed by atoms with E-state index in [1.165, 1.54) is 0 Å². The molecular weight excluding hydrogens is 514 g/mol. The Balaban J connectivity index is 1.07. The van der Waals surface area contributed by atoms with Crippen LogP contribution in [0.4, 0.5) is 4.79 Å². The normalized spacial score (nSPS) is 18.8. The summed E-state index contributed by atoms with van der Waals surface area (Å²) in [6, 6.07) is 35.5. The summed E-state index contributed by atoms with van der Waals surface area (Å²) < 4.78 is 5.64. The number of carbonyl (C=O) groups is 2. The van der Waals surface area contributed by atoms with Crippen molar-refractivity contribution in [1.29, 1.82) is 0 Å². The van der Waals surface area contributed by atoms with Crippen molar-refractivity contribution < 1.29 is 19.2 Å². The maximum absolute atomic E-state index is 13.2. The maximum atomic E-state index is 13.2. The van der Waals surface area contributed by atoms with E-state index in [0.717, 1.165) is 33.4 Å². The molecule has 2 aliphatic rings. The van der Waals surface area contributed by atoms with E-state index in [2.05, 4.69) is 34.9 Å². The number of amides is 2. The Morgan fingerprint density at radius 2 is 1.44 bits per heavy atom. The summed E-state index contributed by atoms with van der Waals surface area (Å²) in [6.07, 6.45) is -0.587. The van der Waals surface area contributed by atoms with Crippen LogP contribution in [0.2, 0.25) is 0 Å². The lowest BCUT2D eigenvalue weighted by Gasteiger charge is -2.25. The second kappa shape index (κ2) is 12.0. The van der Waals surface area contributed by atoms with Crippen LogP contribution in [0.1, 0.15) is 47.6 Å². The molecule has 0 radical (unpaired) electrons. The van der Waals surface area contributed by atoms with Crippen LogP contribution in [0.5, 0.6) is 0 Å². The van der Waals surface area contributed by atoms with Crippen molar-refractivity contribution in [2.45, 2.75) is 44.1 Å². The Kier molecular flexibility index (Phi) is 7.80. The lowest BCUT2D eigenvalue weighted by molar-refractivity contribution is -0.177. The summed E-state index contributed by atoms with van der Waals surface area (Å²) >= 11 is 0. The molecule has 1 fully saturated rings. The van der Waals surface area contributed by atoms with Crippen LogP contribution in [0.15, 0.2) is 109 Å². The van der Waals surface area contributed by atoms with Crippen molar-refractivity contribution in [2.75, 3.05) is 6.61 Å². The van der Waals surface area contributed by atoms with Gasteiger partial charge in [0.05, 0.1) is 6.54 Å². The van der Waals surface area contributed by atoms with Gasteiger partial charge < -0.3 is 15.4 Å². The van der Waals surface area contributed by atoms with Gasteiger partial charge in [-0.3, -0.25) is 9.63 Å². The molecule has 3 atom stereocenters. The molecule has 0 bridgehead atoms. The molecule has 1 heterocycles. The van der Waals surface area contributed by atoms with Crippen LogP contribution < -0.4 is 10.6 Å². The van der Waals surface area contributed by atoms with Gasteiger partial charge in [-0.15, -0.1) is 0 Å². The maximum Gasteiger partial charge on any atom is 0.407 e. The summed E-state index contributed by atoms with van der Waals surface area (Å²) in [5.41, 5.74) is 6.73. The Labute approximate surface area is 240 Å². The first-order chi connectivity index (χ1) is 20.1. The quantitative estimate of drug-likeness (QED) is 0.286. The molecule has 0 spiro atoms. The smallest absolute Gasteiger partial charge is 0.407 e. The predicted molar refractivity (Wildman–Crippen MR) is 156 cm³/mol. The topological polar surface area (TPSA) is 79.9 Å². The summed E-state index contributed by atoms with van der Waals surface area (Å²) in [5.74, 6) is -0.353. The van der Waals surface area contributed by atoms with Crippen LogP contribution in [-0.4, -0.2) is 35.9 Å². The minimum absolute atomic E-state index is 0.0469. The molecule has 208 valence electrons. The number of rotatable bonds is 8. The number of alkyl carbamates (subject to hydrolysis) is 1. The molecule has 0 saturated carbocycles. The van der Waals surface area contributed by atoms with E-state index in [1.54, 1.807) is 6.92 Å². The third kappa shape index (κ3) is 5.87. The first kappa shape index (κ1) is 26.7. The number of carbonyl (C=O) groups excluding carboxylic acids is 2. The number of benzene rings is 4. The van der Waals surface area contributed by atoms with E-state index in [4.69, 9.17) is 9.57 Å². The highest BCUT2D eigenvalue weighted by atomic mass is 16.7. The summed E-state index contributed by atoms with van der Waals surface area (Å²) in [7, 11) is 0. The molecule has 6 rings (SSSR count). The molecule has 7 heteroatoms. The highest BCUT2D eigenvalue weighted by molar-refractivity contribution is 5.85. The van der Waals surface area contributed by atoms with E-state index in [-0.39, 0.29) is 30.7 Å². The molecule has 1 aliphatic heterocycles. The number of fused-ring (bicyclic) bond motifs is 3. The number of hydrogen-bond donors (Lipinski definition) is 2. The molecule has 4 aromatic rings. The first-order valence-corrected chi connectivity index (χ1v) is 14.0. The van der Waals surface area contributed by atoms with Gasteiger partial charge in [0.25, 0.3) is 0 Å². The second-order valence-electron chi connectivity index (χ2n) is 10.5. The van der Waals surface area contributed by atoms with Gasteiger partial charge in [-0.05, 0) is 40.3 Å². The number of nitrogens with one attached hydrogen (secondary N) is 2. The molecule has 7 nitrogen and oxygen atoms in total. The van der Waals surface area contributed by atoms with E-state index in [9.17, 15) is 9.59 Å². The van der Waals surface area contributed by atoms with E-state index in [0.29, 0.717) is 13.0 Å². The zero-order valence-corrected chi connectivity index (χ0v) is 22.9. The molecule has 41 heavy (non-hydrogen) atoms. The van der Waals surface area contributed by atoms with Gasteiger partial charge in [-0.1, -0.05) is 109 Å². The van der Waals surface area contributed by atoms with Crippen molar-refractivity contribution in [3.05, 3.63) is 131 Å². The lowest BCUT2D eigenvalue weighted by atomic mass is 9.98. The number of hydroxylamine groups is 2. The summed E-state index contributed by atoms with van der Waals surface area (Å²) in [4.78, 5) is 32.3. The minimum atomic E-state index is -0.792. The van der Waals surface area contributed by atoms with E-state index < -0.39 is 12.1 Å². The zero-order valence-electron chi connectivity index (χ0n) is 22.9. The standard InChI is InChI=1S/C34H33N3O4/c1-23(35-34(39)40-22-30-28-18-10-8-16-26(28)27-17-9-11-19-29(27)30)33(38)36-32-20-31(25-14-6-3-7-15-25)41-37(32)21-24-12-4-2-5-13-24/h2-19,23,30-32H,20-22H2,1H3,(H,35,39)(H,36,38)/t23-,31+,32+/m0/s1. The monoisotopic (exact) mass is 547 g/mol. The van der Waals surface area contributed by atoms with Crippen LogP contribution >= 0.6 is 0 Å². The van der Waals surface area contributed by atoms with Crippen molar-refractivity contribution in [3.8, 4) is 11.1 Å². The Morgan fingerprint density at radius 1 is 0.854 bits per heavy atom. The molecule has 0 unspecified atom stereocenters. The van der Waals surface area contributed by atoms with E-state index >= 15 is 0 Å². The van der Waals surface area contributed by atoms with Gasteiger partial charge in [0.2, 0.25) is 5.91 Å². The summed E-state index contributed by atoms with van der Waals surface area (Å²) in [6.45, 7) is 2.36. The highest BCUT2D eigenvalue weighted by Gasteiger charge is 2.36. The molecule has 2 N–H and O–H groups in total. The van der Waals surface area contributed by atoms with Crippen LogP contribution in [0.25, 0.3) is 11.1 Å². The van der Waals surface area contributed by atoms with Crippen molar-refractivity contribution in [1.82, 2.24) is 15.7 Å². The van der Waals surface area contributed by atoms with Gasteiger partial charge in [-0.25, -0.2) is 4.79 Å². The average Bonchev–Trinajstić information content (AvgIpc) is 3.55. The fourth-order valence-electron chi connectivity index (χ4n) is 5.68. The van der Waals surface area contributed by atoms with Gasteiger partial charge in [0.15, 0.2) is 0 Å². The Morgan fingerprint density at radius 3 is 2.10 bits per heavy atom. The van der Waals surface area contributed by atoms with Gasteiger partial charge in [0, 0.05) is 12.3 Å². The fourth-order valence-corrected chi connectivity index (χ4v) is 5.68.